The van der Waals surface area contributed by atoms with E-state index in [0.717, 1.165) is 36.4 Å². The van der Waals surface area contributed by atoms with E-state index >= 15 is 0 Å². The second-order valence-electron chi connectivity index (χ2n) is 4.87. The van der Waals surface area contributed by atoms with Crippen molar-refractivity contribution in [2.24, 2.45) is 0 Å². The Balaban J connectivity index is 2.07. The van der Waals surface area contributed by atoms with E-state index in [1.54, 1.807) is 0 Å². The maximum atomic E-state index is 13.1. The minimum Gasteiger partial charge on any atom is -0.325 e. The summed E-state index contributed by atoms with van der Waals surface area (Å²) in [5.74, 6) is -3.15. The lowest BCUT2D eigenvalue weighted by molar-refractivity contribution is -0.384. The summed E-state index contributed by atoms with van der Waals surface area (Å²) in [4.78, 5) is 21.2. The Bertz CT molecular complexity index is 985. The molecule has 0 aliphatic rings. The average molecular weight is 406 g/mol. The third kappa shape index (κ3) is 4.71. The number of benzene rings is 2. The van der Waals surface area contributed by atoms with Crippen molar-refractivity contribution < 1.29 is 26.9 Å². The summed E-state index contributed by atoms with van der Waals surface area (Å²) in [5, 5.41) is 12.7. The van der Waals surface area contributed by atoms with E-state index in [0.29, 0.717) is 0 Å². The van der Waals surface area contributed by atoms with Crippen LogP contribution < -0.4 is 10.0 Å². The smallest absolute Gasteiger partial charge is 0.289 e. The van der Waals surface area contributed by atoms with E-state index in [4.69, 9.17) is 11.6 Å². The minimum atomic E-state index is -4.24. The van der Waals surface area contributed by atoms with E-state index in [-0.39, 0.29) is 10.7 Å². The highest BCUT2D eigenvalue weighted by atomic mass is 35.5. The zero-order chi connectivity index (χ0) is 19.5. The minimum absolute atomic E-state index is 0.0739. The van der Waals surface area contributed by atoms with Gasteiger partial charge in [0, 0.05) is 17.8 Å². The number of nitro benzene ring substituents is 1. The molecular formula is C14H10ClF2N3O5S. The molecule has 12 heteroatoms. The van der Waals surface area contributed by atoms with E-state index in [2.05, 4.69) is 5.32 Å². The molecule has 8 nitrogen and oxygen atoms in total. The van der Waals surface area contributed by atoms with Crippen molar-refractivity contribution in [2.45, 2.75) is 4.90 Å². The van der Waals surface area contributed by atoms with Crippen molar-refractivity contribution in [3.8, 4) is 0 Å². The number of sulfonamides is 1. The summed E-state index contributed by atoms with van der Waals surface area (Å²) in [6.45, 7) is -0.738. The number of hydrogen-bond donors (Lipinski definition) is 2. The number of halogens is 3. The van der Waals surface area contributed by atoms with Crippen LogP contribution >= 0.6 is 11.6 Å². The first kappa shape index (κ1) is 19.7. The summed E-state index contributed by atoms with van der Waals surface area (Å²) < 4.78 is 52.0. The molecular weight excluding hydrogens is 396 g/mol. The fourth-order valence-corrected chi connectivity index (χ4v) is 3.01. The molecule has 0 aliphatic carbocycles. The van der Waals surface area contributed by atoms with Crippen molar-refractivity contribution >= 4 is 38.9 Å². The topological polar surface area (TPSA) is 118 Å². The van der Waals surface area contributed by atoms with Crippen molar-refractivity contribution in [3.63, 3.8) is 0 Å². The lowest BCUT2D eigenvalue weighted by Crippen LogP contribution is -2.33. The van der Waals surface area contributed by atoms with Gasteiger partial charge in [-0.1, -0.05) is 11.6 Å². The second kappa shape index (κ2) is 7.72. The molecule has 0 atom stereocenters. The molecule has 0 aromatic heterocycles. The fraction of sp³-hybridized carbons (Fsp3) is 0.0714. The molecule has 0 unspecified atom stereocenters. The number of anilines is 1. The Kier molecular flexibility index (Phi) is 5.85. The van der Waals surface area contributed by atoms with E-state index in [9.17, 15) is 32.1 Å². The Hall–Kier alpha value is -2.63. The Morgan fingerprint density at radius 3 is 2.46 bits per heavy atom. The van der Waals surface area contributed by atoms with Crippen molar-refractivity contribution in [1.29, 1.82) is 0 Å². The predicted octanol–water partition coefficient (Wildman–Crippen LogP) is 2.44. The van der Waals surface area contributed by atoms with Gasteiger partial charge in [0.2, 0.25) is 15.9 Å². The fourth-order valence-electron chi connectivity index (χ4n) is 1.82. The third-order valence-electron chi connectivity index (χ3n) is 3.05. The normalized spacial score (nSPS) is 11.2. The molecule has 2 rings (SSSR count). The number of carbonyl (C=O) groups is 1. The van der Waals surface area contributed by atoms with Crippen LogP contribution in [0, 0.1) is 21.7 Å². The van der Waals surface area contributed by atoms with Gasteiger partial charge in [-0.3, -0.25) is 14.9 Å². The summed E-state index contributed by atoms with van der Waals surface area (Å²) >= 11 is 5.60. The summed E-state index contributed by atoms with van der Waals surface area (Å²) in [6, 6.07) is 5.43. The van der Waals surface area contributed by atoms with Gasteiger partial charge in [-0.05, 0) is 24.3 Å². The van der Waals surface area contributed by atoms with Crippen LogP contribution in [0.15, 0.2) is 41.3 Å². The van der Waals surface area contributed by atoms with Gasteiger partial charge in [0.1, 0.15) is 5.02 Å². The second-order valence-corrected chi connectivity index (χ2v) is 7.05. The molecule has 0 fully saturated rings. The number of carbonyl (C=O) groups excluding carboxylic acids is 1. The van der Waals surface area contributed by atoms with E-state index in [1.807, 2.05) is 4.72 Å². The van der Waals surface area contributed by atoms with E-state index < -0.39 is 49.6 Å². The molecule has 2 aromatic rings. The Morgan fingerprint density at radius 1 is 1.15 bits per heavy atom. The molecule has 138 valence electrons. The molecule has 1 amide bonds. The first-order valence-electron chi connectivity index (χ1n) is 6.78. The Morgan fingerprint density at radius 2 is 1.85 bits per heavy atom. The summed E-state index contributed by atoms with van der Waals surface area (Å²) in [7, 11) is -4.24. The molecule has 2 N–H and O–H groups in total. The zero-order valence-corrected chi connectivity index (χ0v) is 14.3. The molecule has 0 bridgehead atoms. The molecule has 0 spiro atoms. The molecule has 0 saturated carbocycles. The van der Waals surface area contributed by atoms with Crippen LogP contribution in [-0.4, -0.2) is 25.8 Å². The van der Waals surface area contributed by atoms with Gasteiger partial charge in [0.25, 0.3) is 5.69 Å². The van der Waals surface area contributed by atoms with Crippen LogP contribution in [0.5, 0.6) is 0 Å². The quantitative estimate of drug-likeness (QED) is 0.565. The van der Waals surface area contributed by atoms with Crippen LogP contribution in [0.3, 0.4) is 0 Å². The predicted molar refractivity (Wildman–Crippen MR) is 88.3 cm³/mol. The largest absolute Gasteiger partial charge is 0.325 e. The number of hydrogen-bond acceptors (Lipinski definition) is 5. The maximum absolute atomic E-state index is 13.1. The van der Waals surface area contributed by atoms with Crippen LogP contribution in [0.2, 0.25) is 5.02 Å². The number of nitrogens with one attached hydrogen (secondary N) is 2. The number of amides is 1. The van der Waals surface area contributed by atoms with Gasteiger partial charge in [-0.2, -0.15) is 0 Å². The van der Waals surface area contributed by atoms with Crippen LogP contribution in [0.1, 0.15) is 0 Å². The van der Waals surface area contributed by atoms with Crippen molar-refractivity contribution in [1.82, 2.24) is 4.72 Å². The number of rotatable bonds is 6. The first-order valence-corrected chi connectivity index (χ1v) is 8.65. The van der Waals surface area contributed by atoms with Crippen molar-refractivity contribution in [2.75, 3.05) is 11.9 Å². The van der Waals surface area contributed by atoms with Crippen LogP contribution in [0.4, 0.5) is 20.2 Å². The molecule has 0 aliphatic heterocycles. The van der Waals surface area contributed by atoms with Gasteiger partial charge in [0.15, 0.2) is 11.6 Å². The van der Waals surface area contributed by atoms with Crippen LogP contribution in [0.25, 0.3) is 0 Å². The van der Waals surface area contributed by atoms with Gasteiger partial charge >= 0.3 is 0 Å². The van der Waals surface area contributed by atoms with Gasteiger partial charge < -0.3 is 5.32 Å². The highest BCUT2D eigenvalue weighted by Crippen LogP contribution is 2.26. The van der Waals surface area contributed by atoms with Crippen LogP contribution in [-0.2, 0) is 14.8 Å². The Labute approximate surface area is 151 Å². The highest BCUT2D eigenvalue weighted by Gasteiger charge is 2.21. The van der Waals surface area contributed by atoms with Gasteiger partial charge in [0.05, 0.1) is 16.4 Å². The highest BCUT2D eigenvalue weighted by molar-refractivity contribution is 7.89. The lowest BCUT2D eigenvalue weighted by atomic mass is 10.3. The average Bonchev–Trinajstić information content (AvgIpc) is 2.56. The summed E-state index contributed by atoms with van der Waals surface area (Å²) in [6.07, 6.45) is 0. The maximum Gasteiger partial charge on any atom is 0.289 e. The summed E-state index contributed by atoms with van der Waals surface area (Å²) in [5.41, 5.74) is -0.684. The van der Waals surface area contributed by atoms with Gasteiger partial charge in [-0.25, -0.2) is 21.9 Å². The standard InChI is InChI=1S/C14H10ClF2N3O5S/c15-10-3-2-9(6-13(10)20(22)23)26(24,25)18-7-14(21)19-8-1-4-11(16)12(17)5-8/h1-6,18H,7H2,(H,19,21). The van der Waals surface area contributed by atoms with Gasteiger partial charge in [-0.15, -0.1) is 0 Å². The molecule has 0 heterocycles. The first-order chi connectivity index (χ1) is 12.1. The third-order valence-corrected chi connectivity index (χ3v) is 4.77. The molecule has 2 aromatic carbocycles. The number of nitrogens with zero attached hydrogens (tertiary/aromatic N) is 1. The lowest BCUT2D eigenvalue weighted by Gasteiger charge is -2.08. The SMILES string of the molecule is O=C(CNS(=O)(=O)c1ccc(Cl)c([N+](=O)[O-])c1)Nc1ccc(F)c(F)c1. The zero-order valence-electron chi connectivity index (χ0n) is 12.7. The van der Waals surface area contributed by atoms with Crippen molar-refractivity contribution in [3.05, 3.63) is 63.2 Å². The molecule has 0 radical (unpaired) electrons. The number of nitro groups is 1. The molecule has 26 heavy (non-hydrogen) atoms. The monoisotopic (exact) mass is 405 g/mol. The van der Waals surface area contributed by atoms with E-state index in [1.165, 1.54) is 0 Å². The molecule has 0 saturated heterocycles.